The van der Waals surface area contributed by atoms with Crippen molar-refractivity contribution in [2.24, 2.45) is 0 Å². The Bertz CT molecular complexity index is 1290. The molecule has 0 saturated carbocycles. The number of piperazine rings is 1. The number of aromatic nitrogens is 1. The Morgan fingerprint density at radius 2 is 1.54 bits per heavy atom. The van der Waals surface area contributed by atoms with Gasteiger partial charge in [-0.1, -0.05) is 73.7 Å². The van der Waals surface area contributed by atoms with Crippen LogP contribution in [0.4, 0.5) is 4.39 Å². The maximum Gasteiger partial charge on any atom is 0.223 e. The first-order valence-corrected chi connectivity index (χ1v) is 12.5. The number of carbonyl (C=O) groups excluding carboxylic acids is 1. The summed E-state index contributed by atoms with van der Waals surface area (Å²) in [7, 11) is 0. The molecule has 3 aromatic carbocycles. The summed E-state index contributed by atoms with van der Waals surface area (Å²) in [6.07, 6.45) is 2.38. The minimum absolute atomic E-state index is 0.0916. The van der Waals surface area contributed by atoms with E-state index in [2.05, 4.69) is 46.9 Å². The minimum atomic E-state index is -0.352. The minimum Gasteiger partial charge on any atom is -0.343 e. The van der Waals surface area contributed by atoms with Crippen LogP contribution in [0.1, 0.15) is 36.0 Å². The van der Waals surface area contributed by atoms with E-state index in [1.54, 1.807) is 6.07 Å². The number of halogens is 1. The number of rotatable bonds is 7. The van der Waals surface area contributed by atoms with Crippen molar-refractivity contribution in [3.63, 3.8) is 0 Å². The highest BCUT2D eigenvalue weighted by atomic mass is 19.1. The van der Waals surface area contributed by atoms with Crippen molar-refractivity contribution in [3.8, 4) is 0 Å². The number of hydrogen-bond acceptors (Lipinski definition) is 2. The summed E-state index contributed by atoms with van der Waals surface area (Å²) in [6.45, 7) is 7.11. The number of para-hydroxylation sites is 1. The van der Waals surface area contributed by atoms with Crippen LogP contribution in [0.2, 0.25) is 0 Å². The van der Waals surface area contributed by atoms with Crippen molar-refractivity contribution in [2.75, 3.05) is 32.7 Å². The van der Waals surface area contributed by atoms with Crippen molar-refractivity contribution in [1.82, 2.24) is 14.4 Å². The third-order valence-corrected chi connectivity index (χ3v) is 7.22. The fraction of sp³-hybridized carbons (Fsp3) is 0.300. The third-order valence-electron chi connectivity index (χ3n) is 7.22. The van der Waals surface area contributed by atoms with E-state index in [9.17, 15) is 4.79 Å². The topological polar surface area (TPSA) is 28.5 Å². The van der Waals surface area contributed by atoms with Crippen LogP contribution in [-0.2, 0) is 11.3 Å². The fourth-order valence-corrected chi connectivity index (χ4v) is 5.23. The molecule has 2 heterocycles. The molecule has 1 fully saturated rings. The van der Waals surface area contributed by atoms with Gasteiger partial charge >= 0.3 is 0 Å². The summed E-state index contributed by atoms with van der Waals surface area (Å²) in [5.74, 6) is -0.523. The van der Waals surface area contributed by atoms with Crippen LogP contribution < -0.4 is 0 Å². The lowest BCUT2D eigenvalue weighted by atomic mass is 9.87. The van der Waals surface area contributed by atoms with Crippen LogP contribution in [0.15, 0.2) is 85.1 Å². The molecule has 0 aliphatic carbocycles. The van der Waals surface area contributed by atoms with Gasteiger partial charge in [-0.15, -0.1) is 0 Å². The van der Waals surface area contributed by atoms with E-state index in [1.807, 2.05) is 47.4 Å². The second-order valence-electron chi connectivity index (χ2n) is 9.31. The fourth-order valence-electron chi connectivity index (χ4n) is 5.23. The van der Waals surface area contributed by atoms with Crippen molar-refractivity contribution in [3.05, 3.63) is 108 Å². The van der Waals surface area contributed by atoms with E-state index < -0.39 is 0 Å². The molecule has 1 aliphatic heterocycles. The molecule has 0 bridgehead atoms. The highest BCUT2D eigenvalue weighted by Gasteiger charge is 2.28. The van der Waals surface area contributed by atoms with Gasteiger partial charge in [-0.2, -0.15) is 0 Å². The standard InChI is InChI=1S/C30H32FN3O/c1-2-32-16-18-33(19-17-32)30(35)20-26(24-12-6-8-14-28(24)31)27-22-34(21-23-10-4-3-5-11-23)29-15-9-7-13-25(27)29/h3-15,22,26H,2,16-21H2,1H3. The van der Waals surface area contributed by atoms with Crippen molar-refractivity contribution in [1.29, 1.82) is 0 Å². The number of fused-ring (bicyclic) bond motifs is 1. The Kier molecular flexibility index (Phi) is 6.96. The smallest absolute Gasteiger partial charge is 0.223 e. The zero-order valence-corrected chi connectivity index (χ0v) is 20.2. The summed E-state index contributed by atoms with van der Waals surface area (Å²) in [6, 6.07) is 25.5. The van der Waals surface area contributed by atoms with Crippen LogP contribution in [0.25, 0.3) is 10.9 Å². The lowest BCUT2D eigenvalue weighted by Crippen LogP contribution is -2.48. The zero-order chi connectivity index (χ0) is 24.2. The largest absolute Gasteiger partial charge is 0.343 e. The van der Waals surface area contributed by atoms with Gasteiger partial charge in [-0.25, -0.2) is 4.39 Å². The van der Waals surface area contributed by atoms with Crippen molar-refractivity contribution >= 4 is 16.8 Å². The van der Waals surface area contributed by atoms with Gasteiger partial charge in [0.2, 0.25) is 5.91 Å². The number of benzene rings is 3. The molecular formula is C30H32FN3O. The quantitative estimate of drug-likeness (QED) is 0.357. The maximum absolute atomic E-state index is 15.1. The number of carbonyl (C=O) groups is 1. The van der Waals surface area contributed by atoms with E-state index >= 15 is 4.39 Å². The van der Waals surface area contributed by atoms with Crippen LogP contribution in [0.3, 0.4) is 0 Å². The number of hydrogen-bond donors (Lipinski definition) is 0. The normalized spacial score (nSPS) is 15.4. The van der Waals surface area contributed by atoms with Gasteiger partial charge in [-0.3, -0.25) is 4.79 Å². The molecule has 5 rings (SSSR count). The van der Waals surface area contributed by atoms with Crippen LogP contribution in [0, 0.1) is 5.82 Å². The molecule has 4 nitrogen and oxygen atoms in total. The molecular weight excluding hydrogens is 437 g/mol. The van der Waals surface area contributed by atoms with Crippen molar-refractivity contribution < 1.29 is 9.18 Å². The summed E-state index contributed by atoms with van der Waals surface area (Å²) in [5.41, 5.74) is 3.88. The first kappa shape index (κ1) is 23.3. The molecule has 35 heavy (non-hydrogen) atoms. The molecule has 1 unspecified atom stereocenters. The zero-order valence-electron chi connectivity index (χ0n) is 20.2. The summed E-state index contributed by atoms with van der Waals surface area (Å²) >= 11 is 0. The molecule has 1 aromatic heterocycles. The van der Waals surface area contributed by atoms with Gasteiger partial charge in [-0.05, 0) is 35.4 Å². The van der Waals surface area contributed by atoms with Gasteiger partial charge in [0.15, 0.2) is 0 Å². The molecule has 0 spiro atoms. The maximum atomic E-state index is 15.1. The van der Waals surface area contributed by atoms with Gasteiger partial charge in [0.25, 0.3) is 0 Å². The lowest BCUT2D eigenvalue weighted by Gasteiger charge is -2.35. The van der Waals surface area contributed by atoms with Gasteiger partial charge in [0.1, 0.15) is 5.82 Å². The number of nitrogens with zero attached hydrogens (tertiary/aromatic N) is 3. The summed E-state index contributed by atoms with van der Waals surface area (Å²) in [4.78, 5) is 17.8. The lowest BCUT2D eigenvalue weighted by molar-refractivity contribution is -0.133. The van der Waals surface area contributed by atoms with Crippen LogP contribution in [0.5, 0.6) is 0 Å². The average Bonchev–Trinajstić information content (AvgIpc) is 3.26. The van der Waals surface area contributed by atoms with Gasteiger partial charge in [0.05, 0.1) is 0 Å². The highest BCUT2D eigenvalue weighted by Crippen LogP contribution is 2.36. The van der Waals surface area contributed by atoms with E-state index in [4.69, 9.17) is 0 Å². The predicted octanol–water partition coefficient (Wildman–Crippen LogP) is 5.51. The van der Waals surface area contributed by atoms with Crippen molar-refractivity contribution in [2.45, 2.75) is 25.8 Å². The average molecular weight is 470 g/mol. The van der Waals surface area contributed by atoms with Gasteiger partial charge < -0.3 is 14.4 Å². The van der Waals surface area contributed by atoms with Crippen LogP contribution in [-0.4, -0.2) is 53.0 Å². The molecule has 0 N–H and O–H groups in total. The Morgan fingerprint density at radius 3 is 2.29 bits per heavy atom. The molecule has 1 amide bonds. The van der Waals surface area contributed by atoms with E-state index in [-0.39, 0.29) is 24.1 Å². The monoisotopic (exact) mass is 469 g/mol. The Hall–Kier alpha value is -3.44. The van der Waals surface area contributed by atoms with E-state index in [0.717, 1.165) is 55.7 Å². The second-order valence-corrected chi connectivity index (χ2v) is 9.31. The second kappa shape index (κ2) is 10.4. The molecule has 4 aromatic rings. The SMILES string of the molecule is CCN1CCN(C(=O)CC(c2ccccc2F)c2cn(Cc3ccccc3)c3ccccc23)CC1. The van der Waals surface area contributed by atoms with Gasteiger partial charge in [0, 0.05) is 62.2 Å². The number of amides is 1. The molecule has 5 heteroatoms. The molecule has 1 saturated heterocycles. The Labute approximate surface area is 206 Å². The first-order chi connectivity index (χ1) is 17.1. The van der Waals surface area contributed by atoms with E-state index in [0.29, 0.717) is 5.56 Å². The molecule has 1 atom stereocenters. The molecule has 180 valence electrons. The molecule has 1 aliphatic rings. The summed E-state index contributed by atoms with van der Waals surface area (Å²) in [5, 5.41) is 1.07. The van der Waals surface area contributed by atoms with Crippen LogP contribution >= 0.6 is 0 Å². The third kappa shape index (κ3) is 5.01. The predicted molar refractivity (Wildman–Crippen MR) is 139 cm³/mol. The first-order valence-electron chi connectivity index (χ1n) is 12.5. The Balaban J connectivity index is 1.52. The Morgan fingerprint density at radius 1 is 0.857 bits per heavy atom. The van der Waals surface area contributed by atoms with E-state index in [1.165, 1.54) is 11.6 Å². The summed E-state index contributed by atoms with van der Waals surface area (Å²) < 4.78 is 17.4. The molecule has 0 radical (unpaired) electrons. The highest BCUT2D eigenvalue weighted by molar-refractivity contribution is 5.87. The number of likely N-dealkylation sites (N-methyl/N-ethyl adjacent to an activating group) is 1.